The zero-order valence-electron chi connectivity index (χ0n) is 12.7. The maximum Gasteiger partial charge on any atom is 0.411 e. The maximum atomic E-state index is 11.9. The van der Waals surface area contributed by atoms with Gasteiger partial charge < -0.3 is 9.47 Å². The van der Waals surface area contributed by atoms with Crippen LogP contribution in [-0.4, -0.2) is 37.5 Å². The minimum Gasteiger partial charge on any atom is -0.453 e. The number of halogens is 1. The summed E-state index contributed by atoms with van der Waals surface area (Å²) < 4.78 is 10.2. The average Bonchev–Trinajstić information content (AvgIpc) is 2.49. The third-order valence-corrected chi connectivity index (χ3v) is 3.27. The fourth-order valence-corrected chi connectivity index (χ4v) is 2.08. The lowest BCUT2D eigenvalue weighted by atomic mass is 10.0. The molecule has 0 aliphatic rings. The van der Waals surface area contributed by atoms with Crippen molar-refractivity contribution in [1.29, 1.82) is 0 Å². The Balaban J connectivity index is 2.89. The Bertz CT molecular complexity index is 459. The van der Waals surface area contributed by atoms with Gasteiger partial charge in [0.2, 0.25) is 0 Å². The van der Waals surface area contributed by atoms with Crippen LogP contribution in [0.2, 0.25) is 5.02 Å². The molecule has 1 atom stereocenters. The Morgan fingerprint density at radius 3 is 2.57 bits per heavy atom. The standard InChI is InChI=1S/C16H22ClNO3/c1-4-6-15(11-13-7-9-14(17)10-8-13)18(12-21-5-2)16(19)20-3/h4,6-10,15H,5,11-12H2,1-3H3. The van der Waals surface area contributed by atoms with Gasteiger partial charge in [0, 0.05) is 11.6 Å². The van der Waals surface area contributed by atoms with E-state index in [2.05, 4.69) is 0 Å². The molecule has 0 aliphatic heterocycles. The first-order chi connectivity index (χ1) is 10.1. The highest BCUT2D eigenvalue weighted by molar-refractivity contribution is 6.30. The average molecular weight is 312 g/mol. The van der Waals surface area contributed by atoms with E-state index >= 15 is 0 Å². The molecule has 4 nitrogen and oxygen atoms in total. The molecule has 5 heteroatoms. The summed E-state index contributed by atoms with van der Waals surface area (Å²) in [4.78, 5) is 13.5. The lowest BCUT2D eigenvalue weighted by molar-refractivity contribution is 0.0193. The third kappa shape index (κ3) is 5.78. The van der Waals surface area contributed by atoms with Gasteiger partial charge in [0.05, 0.1) is 13.2 Å². The molecule has 0 spiro atoms. The number of methoxy groups -OCH3 is 1. The van der Waals surface area contributed by atoms with Crippen molar-refractivity contribution in [2.45, 2.75) is 26.3 Å². The van der Waals surface area contributed by atoms with Gasteiger partial charge in [0.25, 0.3) is 0 Å². The summed E-state index contributed by atoms with van der Waals surface area (Å²) >= 11 is 5.89. The van der Waals surface area contributed by atoms with E-state index in [1.165, 1.54) is 7.11 Å². The molecule has 1 rings (SSSR count). The van der Waals surface area contributed by atoms with Gasteiger partial charge in [0.1, 0.15) is 6.73 Å². The second-order valence-corrected chi connectivity index (χ2v) is 4.92. The van der Waals surface area contributed by atoms with Crippen molar-refractivity contribution in [2.75, 3.05) is 20.4 Å². The van der Waals surface area contributed by atoms with Crippen LogP contribution in [0.15, 0.2) is 36.4 Å². The second kappa shape index (κ2) is 9.42. The van der Waals surface area contributed by atoms with Crippen LogP contribution < -0.4 is 0 Å². The minimum absolute atomic E-state index is 0.129. The summed E-state index contributed by atoms with van der Waals surface area (Å²) in [5.41, 5.74) is 1.09. The van der Waals surface area contributed by atoms with Crippen molar-refractivity contribution in [1.82, 2.24) is 4.90 Å². The summed E-state index contributed by atoms with van der Waals surface area (Å²) in [6.45, 7) is 4.55. The Hall–Kier alpha value is -1.52. The van der Waals surface area contributed by atoms with Crippen molar-refractivity contribution >= 4 is 17.7 Å². The van der Waals surface area contributed by atoms with Crippen LogP contribution in [0, 0.1) is 0 Å². The highest BCUT2D eigenvalue weighted by atomic mass is 35.5. The van der Waals surface area contributed by atoms with Gasteiger partial charge >= 0.3 is 6.09 Å². The van der Waals surface area contributed by atoms with E-state index in [0.717, 1.165) is 5.56 Å². The van der Waals surface area contributed by atoms with Gasteiger partial charge in [-0.2, -0.15) is 0 Å². The van der Waals surface area contributed by atoms with Crippen molar-refractivity contribution < 1.29 is 14.3 Å². The Morgan fingerprint density at radius 1 is 1.38 bits per heavy atom. The predicted molar refractivity (Wildman–Crippen MR) is 84.5 cm³/mol. The van der Waals surface area contributed by atoms with Crippen molar-refractivity contribution in [3.63, 3.8) is 0 Å². The SMILES string of the molecule is CC=CC(Cc1ccc(Cl)cc1)N(COCC)C(=O)OC. The van der Waals surface area contributed by atoms with E-state index in [-0.39, 0.29) is 12.8 Å². The van der Waals surface area contributed by atoms with Gasteiger partial charge in [-0.3, -0.25) is 4.90 Å². The summed E-state index contributed by atoms with van der Waals surface area (Å²) in [5, 5.41) is 0.695. The van der Waals surface area contributed by atoms with Crippen LogP contribution in [0.25, 0.3) is 0 Å². The van der Waals surface area contributed by atoms with Crippen LogP contribution in [0.4, 0.5) is 4.79 Å². The molecule has 0 N–H and O–H groups in total. The zero-order chi connectivity index (χ0) is 15.7. The molecule has 0 saturated carbocycles. The number of ether oxygens (including phenoxy) is 2. The molecule has 116 valence electrons. The molecule has 0 bridgehead atoms. The van der Waals surface area contributed by atoms with Gasteiger partial charge in [-0.1, -0.05) is 35.9 Å². The maximum absolute atomic E-state index is 11.9. The Morgan fingerprint density at radius 2 is 2.05 bits per heavy atom. The summed E-state index contributed by atoms with van der Waals surface area (Å²) in [6.07, 6.45) is 4.15. The number of carbonyl (C=O) groups is 1. The number of carbonyl (C=O) groups excluding carboxylic acids is 1. The minimum atomic E-state index is -0.402. The van der Waals surface area contributed by atoms with Gasteiger partial charge in [-0.05, 0) is 38.0 Å². The molecule has 1 aromatic carbocycles. The molecule has 0 saturated heterocycles. The lowest BCUT2D eigenvalue weighted by Gasteiger charge is -2.28. The first kappa shape index (κ1) is 17.5. The predicted octanol–water partition coefficient (Wildman–Crippen LogP) is 3.89. The molecule has 0 fully saturated rings. The highest BCUT2D eigenvalue weighted by Crippen LogP contribution is 2.15. The van der Waals surface area contributed by atoms with Crippen molar-refractivity contribution in [3.05, 3.63) is 47.0 Å². The first-order valence-corrected chi connectivity index (χ1v) is 7.29. The summed E-state index contributed by atoms with van der Waals surface area (Å²) in [7, 11) is 1.37. The van der Waals surface area contributed by atoms with Crippen LogP contribution in [0.5, 0.6) is 0 Å². The topological polar surface area (TPSA) is 38.8 Å². The van der Waals surface area contributed by atoms with E-state index in [4.69, 9.17) is 21.1 Å². The Kier molecular flexibility index (Phi) is 7.87. The number of hydrogen-bond acceptors (Lipinski definition) is 3. The lowest BCUT2D eigenvalue weighted by Crippen LogP contribution is -2.42. The zero-order valence-corrected chi connectivity index (χ0v) is 13.5. The molecule has 0 aromatic heterocycles. The molecule has 1 aromatic rings. The molecular formula is C16H22ClNO3. The van der Waals surface area contributed by atoms with Crippen LogP contribution in [-0.2, 0) is 15.9 Å². The number of rotatable bonds is 7. The fourth-order valence-electron chi connectivity index (χ4n) is 1.96. The molecule has 0 radical (unpaired) electrons. The fraction of sp³-hybridized carbons (Fsp3) is 0.438. The molecular weight excluding hydrogens is 290 g/mol. The van der Waals surface area contributed by atoms with Gasteiger partial charge in [0.15, 0.2) is 0 Å². The first-order valence-electron chi connectivity index (χ1n) is 6.92. The number of amides is 1. The number of allylic oxidation sites excluding steroid dienone is 1. The van der Waals surface area contributed by atoms with Gasteiger partial charge in [-0.25, -0.2) is 4.79 Å². The molecule has 0 aliphatic carbocycles. The van der Waals surface area contributed by atoms with E-state index in [1.807, 2.05) is 50.3 Å². The van der Waals surface area contributed by atoms with E-state index in [1.54, 1.807) is 4.90 Å². The largest absolute Gasteiger partial charge is 0.453 e. The smallest absolute Gasteiger partial charge is 0.411 e. The van der Waals surface area contributed by atoms with E-state index in [9.17, 15) is 4.79 Å². The Labute approximate surface area is 131 Å². The molecule has 1 amide bonds. The normalized spacial score (nSPS) is 12.4. The van der Waals surface area contributed by atoms with Crippen molar-refractivity contribution in [2.24, 2.45) is 0 Å². The van der Waals surface area contributed by atoms with Crippen LogP contribution >= 0.6 is 11.6 Å². The number of nitrogens with zero attached hydrogens (tertiary/aromatic N) is 1. The monoisotopic (exact) mass is 311 g/mol. The number of hydrogen-bond donors (Lipinski definition) is 0. The molecule has 0 heterocycles. The third-order valence-electron chi connectivity index (χ3n) is 3.02. The molecule has 1 unspecified atom stereocenters. The van der Waals surface area contributed by atoms with Crippen LogP contribution in [0.1, 0.15) is 19.4 Å². The summed E-state index contributed by atoms with van der Waals surface area (Å²) in [6, 6.07) is 7.46. The van der Waals surface area contributed by atoms with Gasteiger partial charge in [-0.15, -0.1) is 0 Å². The second-order valence-electron chi connectivity index (χ2n) is 4.49. The number of benzene rings is 1. The quantitative estimate of drug-likeness (QED) is 0.566. The van der Waals surface area contributed by atoms with Crippen LogP contribution in [0.3, 0.4) is 0 Å². The van der Waals surface area contributed by atoms with E-state index in [0.29, 0.717) is 18.1 Å². The highest BCUT2D eigenvalue weighted by Gasteiger charge is 2.22. The van der Waals surface area contributed by atoms with Crippen molar-refractivity contribution in [3.8, 4) is 0 Å². The molecule has 21 heavy (non-hydrogen) atoms. The van der Waals surface area contributed by atoms with E-state index < -0.39 is 6.09 Å². The summed E-state index contributed by atoms with van der Waals surface area (Å²) in [5.74, 6) is 0.